The van der Waals surface area contributed by atoms with Gasteiger partial charge in [0.15, 0.2) is 11.5 Å². The van der Waals surface area contributed by atoms with Gasteiger partial charge in [0.25, 0.3) is 5.91 Å². The molecule has 0 unspecified atom stereocenters. The number of nitrogens with zero attached hydrogens (tertiary/aromatic N) is 1. The molecule has 1 aromatic carbocycles. The molecule has 3 amide bonds. The largest absolute Gasteiger partial charge is 0.454 e. The smallest absolute Gasteiger partial charge is 0.252 e. The van der Waals surface area contributed by atoms with Crippen LogP contribution in [-0.2, 0) is 14.3 Å². The zero-order valence-corrected chi connectivity index (χ0v) is 19.1. The molecule has 9 heteroatoms. The van der Waals surface area contributed by atoms with Gasteiger partial charge in [0, 0.05) is 38.2 Å². The first-order valence-electron chi connectivity index (χ1n) is 11.8. The van der Waals surface area contributed by atoms with Crippen molar-refractivity contribution in [3.8, 4) is 11.5 Å². The monoisotopic (exact) mass is 459 g/mol. The summed E-state index contributed by atoms with van der Waals surface area (Å²) in [6.07, 6.45) is 5.55. The average molecular weight is 460 g/mol. The van der Waals surface area contributed by atoms with Crippen LogP contribution in [0.15, 0.2) is 18.2 Å². The lowest BCUT2D eigenvalue weighted by molar-refractivity contribution is -0.137. The van der Waals surface area contributed by atoms with E-state index in [0.717, 1.165) is 25.7 Å². The van der Waals surface area contributed by atoms with E-state index in [1.807, 2.05) is 4.90 Å². The van der Waals surface area contributed by atoms with Crippen molar-refractivity contribution in [2.75, 3.05) is 40.1 Å². The molecule has 1 saturated heterocycles. The molecule has 2 fully saturated rings. The van der Waals surface area contributed by atoms with Crippen molar-refractivity contribution in [1.82, 2.24) is 15.5 Å². The number of rotatable bonds is 8. The number of piperidine rings is 1. The highest BCUT2D eigenvalue weighted by molar-refractivity contribution is 5.98. The Kier molecular flexibility index (Phi) is 7.69. The molecule has 33 heavy (non-hydrogen) atoms. The van der Waals surface area contributed by atoms with Crippen molar-refractivity contribution in [2.45, 2.75) is 44.6 Å². The number of carbonyl (C=O) groups is 3. The van der Waals surface area contributed by atoms with Gasteiger partial charge in [-0.05, 0) is 49.8 Å². The molecule has 0 spiro atoms. The Bertz CT molecular complexity index is 862. The third-order valence-electron chi connectivity index (χ3n) is 6.84. The van der Waals surface area contributed by atoms with E-state index < -0.39 is 6.04 Å². The molecule has 0 bridgehead atoms. The third-order valence-corrected chi connectivity index (χ3v) is 6.84. The number of carbonyl (C=O) groups excluding carboxylic acids is 3. The van der Waals surface area contributed by atoms with Crippen LogP contribution < -0.4 is 20.1 Å². The summed E-state index contributed by atoms with van der Waals surface area (Å²) < 4.78 is 15.7. The lowest BCUT2D eigenvalue weighted by atomic mass is 9.87. The van der Waals surface area contributed by atoms with Gasteiger partial charge in [0.2, 0.25) is 18.6 Å². The number of ether oxygens (including phenoxy) is 3. The standard InChI is InChI=1S/C24H33N3O6/c1-31-13-10-25-23(29)21(26-22(28)18-6-7-19-20(14-18)33-15-32-19)16-8-11-27(12-9-16)24(30)17-4-2-3-5-17/h6-7,14,16-17,21H,2-5,8-13,15H2,1H3,(H,25,29)(H,26,28)/t21-/m1/s1. The number of methoxy groups -OCH3 is 1. The quantitative estimate of drug-likeness (QED) is 0.574. The predicted molar refractivity (Wildman–Crippen MR) is 120 cm³/mol. The van der Waals surface area contributed by atoms with Crippen molar-refractivity contribution >= 4 is 17.7 Å². The van der Waals surface area contributed by atoms with Gasteiger partial charge in [0.05, 0.1) is 6.61 Å². The maximum atomic E-state index is 13.0. The Hall–Kier alpha value is -2.81. The van der Waals surface area contributed by atoms with Gasteiger partial charge in [-0.25, -0.2) is 0 Å². The summed E-state index contributed by atoms with van der Waals surface area (Å²) in [4.78, 5) is 40.7. The first-order chi connectivity index (χ1) is 16.1. The highest BCUT2D eigenvalue weighted by atomic mass is 16.7. The van der Waals surface area contributed by atoms with E-state index in [0.29, 0.717) is 56.1 Å². The Balaban J connectivity index is 1.40. The maximum absolute atomic E-state index is 13.0. The number of nitrogens with one attached hydrogen (secondary N) is 2. The van der Waals surface area contributed by atoms with Crippen LogP contribution >= 0.6 is 0 Å². The number of benzene rings is 1. The van der Waals surface area contributed by atoms with Gasteiger partial charge in [-0.2, -0.15) is 0 Å². The average Bonchev–Trinajstić information content (AvgIpc) is 3.54. The van der Waals surface area contributed by atoms with E-state index in [-0.39, 0.29) is 36.4 Å². The molecular weight excluding hydrogens is 426 g/mol. The Morgan fingerprint density at radius 3 is 2.55 bits per heavy atom. The number of amides is 3. The highest BCUT2D eigenvalue weighted by Crippen LogP contribution is 2.33. The van der Waals surface area contributed by atoms with Crippen molar-refractivity contribution in [3.05, 3.63) is 23.8 Å². The summed E-state index contributed by atoms with van der Waals surface area (Å²) in [6, 6.07) is 4.29. The van der Waals surface area contributed by atoms with Gasteiger partial charge in [0.1, 0.15) is 6.04 Å². The summed E-state index contributed by atoms with van der Waals surface area (Å²) in [5.74, 6) is 0.878. The zero-order chi connectivity index (χ0) is 23.2. The molecule has 180 valence electrons. The predicted octanol–water partition coefficient (Wildman–Crippen LogP) is 1.71. The normalized spacial score (nSPS) is 19.4. The zero-order valence-electron chi connectivity index (χ0n) is 19.1. The molecule has 1 saturated carbocycles. The summed E-state index contributed by atoms with van der Waals surface area (Å²) >= 11 is 0. The van der Waals surface area contributed by atoms with Gasteiger partial charge in [-0.3, -0.25) is 14.4 Å². The summed E-state index contributed by atoms with van der Waals surface area (Å²) in [5.41, 5.74) is 0.405. The van der Waals surface area contributed by atoms with E-state index in [2.05, 4.69) is 10.6 Å². The number of hydrogen-bond donors (Lipinski definition) is 2. The first-order valence-corrected chi connectivity index (χ1v) is 11.8. The minimum atomic E-state index is -0.691. The lowest BCUT2D eigenvalue weighted by Crippen LogP contribution is -2.54. The fourth-order valence-electron chi connectivity index (χ4n) is 4.93. The van der Waals surface area contributed by atoms with Gasteiger partial charge < -0.3 is 29.7 Å². The van der Waals surface area contributed by atoms with E-state index in [1.165, 1.54) is 0 Å². The molecule has 4 rings (SSSR count). The van der Waals surface area contributed by atoms with E-state index in [4.69, 9.17) is 14.2 Å². The van der Waals surface area contributed by atoms with E-state index in [9.17, 15) is 14.4 Å². The third kappa shape index (κ3) is 5.58. The fraction of sp³-hybridized carbons (Fsp3) is 0.625. The van der Waals surface area contributed by atoms with Crippen LogP contribution in [-0.4, -0.2) is 68.8 Å². The molecule has 0 radical (unpaired) electrons. The SMILES string of the molecule is COCCNC(=O)[C@H](NC(=O)c1ccc2c(c1)OCO2)C1CCN(C(=O)C2CCCC2)CC1. The molecule has 1 atom stereocenters. The van der Waals surface area contributed by atoms with E-state index >= 15 is 0 Å². The van der Waals surface area contributed by atoms with Crippen LogP contribution in [0.3, 0.4) is 0 Å². The number of hydrogen-bond acceptors (Lipinski definition) is 6. The van der Waals surface area contributed by atoms with Crippen molar-refractivity contribution in [1.29, 1.82) is 0 Å². The Labute approximate surface area is 194 Å². The van der Waals surface area contributed by atoms with Crippen molar-refractivity contribution in [3.63, 3.8) is 0 Å². The summed E-state index contributed by atoms with van der Waals surface area (Å²) in [6.45, 7) is 2.11. The minimum absolute atomic E-state index is 0.0573. The first kappa shape index (κ1) is 23.4. The highest BCUT2D eigenvalue weighted by Gasteiger charge is 2.36. The van der Waals surface area contributed by atoms with Crippen LogP contribution in [0.4, 0.5) is 0 Å². The molecule has 1 aliphatic carbocycles. The molecule has 2 N–H and O–H groups in total. The minimum Gasteiger partial charge on any atom is -0.454 e. The molecule has 2 heterocycles. The second-order valence-corrected chi connectivity index (χ2v) is 8.95. The van der Waals surface area contributed by atoms with Crippen molar-refractivity contribution in [2.24, 2.45) is 11.8 Å². The Morgan fingerprint density at radius 2 is 1.82 bits per heavy atom. The van der Waals surface area contributed by atoms with Gasteiger partial charge in [-0.15, -0.1) is 0 Å². The topological polar surface area (TPSA) is 106 Å². The van der Waals surface area contributed by atoms with E-state index in [1.54, 1.807) is 25.3 Å². The molecule has 3 aliphatic rings. The summed E-state index contributed by atoms with van der Waals surface area (Å²) in [5, 5.41) is 5.78. The fourth-order valence-corrected chi connectivity index (χ4v) is 4.93. The maximum Gasteiger partial charge on any atom is 0.252 e. The van der Waals surface area contributed by atoms with Crippen molar-refractivity contribution < 1.29 is 28.6 Å². The van der Waals surface area contributed by atoms with Crippen LogP contribution in [0.25, 0.3) is 0 Å². The Morgan fingerprint density at radius 1 is 1.09 bits per heavy atom. The number of fused-ring (bicyclic) bond motifs is 1. The molecule has 9 nitrogen and oxygen atoms in total. The van der Waals surface area contributed by atoms with Crippen LogP contribution in [0.5, 0.6) is 11.5 Å². The second kappa shape index (κ2) is 10.9. The molecule has 1 aromatic rings. The van der Waals surface area contributed by atoms with Crippen LogP contribution in [0.2, 0.25) is 0 Å². The van der Waals surface area contributed by atoms with Gasteiger partial charge >= 0.3 is 0 Å². The molecular formula is C24H33N3O6. The second-order valence-electron chi connectivity index (χ2n) is 8.95. The molecule has 0 aromatic heterocycles. The summed E-state index contributed by atoms with van der Waals surface area (Å²) in [7, 11) is 1.57. The lowest BCUT2D eigenvalue weighted by Gasteiger charge is -2.36. The number of likely N-dealkylation sites (tertiary alicyclic amines) is 1. The van der Waals surface area contributed by atoms with Crippen LogP contribution in [0.1, 0.15) is 48.9 Å². The van der Waals surface area contributed by atoms with Gasteiger partial charge in [-0.1, -0.05) is 12.8 Å². The van der Waals surface area contributed by atoms with Crippen LogP contribution in [0, 0.1) is 11.8 Å². The molecule has 2 aliphatic heterocycles.